The molecule has 0 aliphatic heterocycles. The third-order valence-electron chi connectivity index (χ3n) is 7.06. The van der Waals surface area contributed by atoms with Crippen LogP contribution < -0.4 is 105 Å². The molecule has 0 atom stereocenters. The molecule has 0 spiro atoms. The number of rotatable bonds is 17. The summed E-state index contributed by atoms with van der Waals surface area (Å²) in [6.07, 6.45) is 0. The van der Waals surface area contributed by atoms with E-state index in [0.717, 1.165) is 42.5 Å². The van der Waals surface area contributed by atoms with Gasteiger partial charge in [0.2, 0.25) is 20.8 Å². The van der Waals surface area contributed by atoms with Crippen molar-refractivity contribution >= 4 is 96.3 Å². The van der Waals surface area contributed by atoms with E-state index in [9.17, 15) is 60.5 Å². The van der Waals surface area contributed by atoms with Gasteiger partial charge in [0.25, 0.3) is 5.91 Å². The number of sulfone groups is 2. The fourth-order valence-electron chi connectivity index (χ4n) is 4.39. The molecular weight excluding hydrogens is 932 g/mol. The Hall–Kier alpha value is -2.30. The first-order valence-corrected chi connectivity index (χ1v) is 22.5. The van der Waals surface area contributed by atoms with Crippen LogP contribution in [0.15, 0.2) is 114 Å². The number of nitrogens with zero attached hydrogens (tertiary/aromatic N) is 4. The molecule has 0 radical (unpaired) electrons. The summed E-state index contributed by atoms with van der Waals surface area (Å²) >= 11 is 0. The predicted octanol–water partition coefficient (Wildman–Crippen LogP) is -6.65. The molecular formula is C29H26N7Na3O16S5. The fraction of sp³-hybridized carbons (Fsp3) is 0.138. The zero-order valence-electron chi connectivity index (χ0n) is 31.4. The molecule has 0 saturated carbocycles. The van der Waals surface area contributed by atoms with Gasteiger partial charge in [-0.1, -0.05) is 6.07 Å². The van der Waals surface area contributed by atoms with Crippen LogP contribution in [0.25, 0.3) is 0 Å². The van der Waals surface area contributed by atoms with Crippen molar-refractivity contribution in [3.8, 4) is 0 Å². The first-order valence-electron chi connectivity index (χ1n) is 15.1. The van der Waals surface area contributed by atoms with Crippen LogP contribution in [-0.4, -0.2) is 86.4 Å². The minimum atomic E-state index is -5.26. The number of hydrogen-bond acceptors (Lipinski definition) is 22. The number of anilines is 3. The summed E-state index contributed by atoms with van der Waals surface area (Å²) in [5.41, 5.74) is 10.2. The summed E-state index contributed by atoms with van der Waals surface area (Å²) in [5, 5.41) is 18.0. The molecule has 1 amide bonds. The Balaban J connectivity index is 0.00000600. The fourth-order valence-corrected chi connectivity index (χ4v) is 7.97. The normalized spacial score (nSPS) is 12.3. The van der Waals surface area contributed by atoms with Crippen LogP contribution in [0.4, 0.5) is 39.8 Å². The largest absolute Gasteiger partial charge is 1.00 e. The summed E-state index contributed by atoms with van der Waals surface area (Å²) < 4.78 is 157. The molecule has 0 unspecified atom stereocenters. The summed E-state index contributed by atoms with van der Waals surface area (Å²) in [5.74, 6) is -2.35. The van der Waals surface area contributed by atoms with Gasteiger partial charge in [-0.2, -0.15) is 10.2 Å². The first-order chi connectivity index (χ1) is 26.3. The molecule has 31 heteroatoms. The van der Waals surface area contributed by atoms with Gasteiger partial charge in [-0.25, -0.2) is 42.1 Å². The van der Waals surface area contributed by atoms with E-state index in [-0.39, 0.29) is 121 Å². The average molecular weight is 958 g/mol. The number of amides is 1. The molecule has 0 aliphatic rings. The molecule has 0 aliphatic carbocycles. The summed E-state index contributed by atoms with van der Waals surface area (Å²) in [4.78, 5) is 11.4. The second-order valence-electron chi connectivity index (χ2n) is 11.0. The summed E-state index contributed by atoms with van der Waals surface area (Å²) in [6.45, 7) is -1.82. The standard InChI is InChI=1S/C29H29N7O16S5.3Na/c30-26-24(17-25(55(42,43)44)27(31)28(26)36-33-20-6-10-23(11-7-20)54(40,41)15-13-52-57(48,49)50)35-34-21-3-1-2-18(16-21)29(37)32-19-4-8-22(9-5-19)53(38,39)14-12-51-56(45,46)47;;;/h1-11,16-17H,12-15,30-31H2,(H,32,37)(H,42,43,44)(H,45,46,47)(H,48,49,50);;;/q;3*+1/p-3. The smallest absolute Gasteiger partial charge is 0.744 e. The van der Waals surface area contributed by atoms with Gasteiger partial charge < -0.3 is 30.4 Å². The zero-order chi connectivity index (χ0) is 42.4. The van der Waals surface area contributed by atoms with Gasteiger partial charge in [0.1, 0.15) is 21.5 Å². The van der Waals surface area contributed by atoms with E-state index in [1.54, 1.807) is 0 Å². The van der Waals surface area contributed by atoms with Crippen molar-refractivity contribution in [1.29, 1.82) is 0 Å². The average Bonchev–Trinajstić information content (AvgIpc) is 3.10. The molecule has 0 saturated heterocycles. The Morgan fingerprint density at radius 3 is 1.57 bits per heavy atom. The van der Waals surface area contributed by atoms with Gasteiger partial charge in [-0.05, 0) is 72.8 Å². The van der Waals surface area contributed by atoms with Crippen LogP contribution in [-0.2, 0) is 59.0 Å². The third-order valence-corrected chi connectivity index (χ3v) is 12.2. The first kappa shape index (κ1) is 55.7. The van der Waals surface area contributed by atoms with E-state index in [0.29, 0.717) is 0 Å². The maximum atomic E-state index is 13.0. The Bertz CT molecular complexity index is 2820. The van der Waals surface area contributed by atoms with Gasteiger partial charge >= 0.3 is 88.7 Å². The molecule has 4 rings (SSSR count). The molecule has 4 aromatic rings. The van der Waals surface area contributed by atoms with Crippen molar-refractivity contribution in [2.45, 2.75) is 14.7 Å². The molecule has 23 nitrogen and oxygen atoms in total. The number of carbonyl (C=O) groups excluding carboxylic acids is 1. The molecule has 0 fully saturated rings. The number of benzene rings is 4. The third kappa shape index (κ3) is 16.8. The van der Waals surface area contributed by atoms with E-state index < -0.39 is 109 Å². The zero-order valence-corrected chi connectivity index (χ0v) is 41.4. The van der Waals surface area contributed by atoms with Crippen LogP contribution in [0.3, 0.4) is 0 Å². The summed E-state index contributed by atoms with van der Waals surface area (Å²) in [7, 11) is -23.6. The van der Waals surface area contributed by atoms with Crippen LogP contribution in [0, 0.1) is 0 Å². The molecule has 0 heterocycles. The number of nitrogens with two attached hydrogens (primary N) is 2. The molecule has 4 aromatic carbocycles. The van der Waals surface area contributed by atoms with Crippen LogP contribution in [0.1, 0.15) is 10.4 Å². The predicted molar refractivity (Wildman–Crippen MR) is 194 cm³/mol. The molecule has 0 bridgehead atoms. The van der Waals surface area contributed by atoms with E-state index in [1.165, 1.54) is 36.4 Å². The number of hydrogen-bond donors (Lipinski definition) is 3. The second kappa shape index (κ2) is 22.9. The Morgan fingerprint density at radius 1 is 0.600 bits per heavy atom. The van der Waals surface area contributed by atoms with Crippen molar-refractivity contribution in [3.05, 3.63) is 84.4 Å². The Kier molecular flexibility index (Phi) is 21.2. The number of carbonyl (C=O) groups is 1. The second-order valence-corrected chi connectivity index (χ2v) is 18.7. The van der Waals surface area contributed by atoms with E-state index in [2.05, 4.69) is 34.1 Å². The quantitative estimate of drug-likeness (QED) is 0.0291. The molecule has 0 aromatic heterocycles. The van der Waals surface area contributed by atoms with Crippen molar-refractivity contribution in [3.63, 3.8) is 0 Å². The van der Waals surface area contributed by atoms with Crippen molar-refractivity contribution in [1.82, 2.24) is 0 Å². The van der Waals surface area contributed by atoms with Gasteiger partial charge in [0.05, 0.1) is 62.2 Å². The van der Waals surface area contributed by atoms with Gasteiger partial charge in [0.15, 0.2) is 19.7 Å². The van der Waals surface area contributed by atoms with Crippen LogP contribution in [0.2, 0.25) is 0 Å². The van der Waals surface area contributed by atoms with Crippen molar-refractivity contribution in [2.24, 2.45) is 20.5 Å². The van der Waals surface area contributed by atoms with Gasteiger partial charge in [-0.3, -0.25) is 13.2 Å². The molecule has 306 valence electrons. The van der Waals surface area contributed by atoms with E-state index >= 15 is 0 Å². The van der Waals surface area contributed by atoms with Gasteiger partial charge in [-0.15, -0.1) is 10.2 Å². The maximum Gasteiger partial charge on any atom is 1.00 e. The Morgan fingerprint density at radius 2 is 1.08 bits per heavy atom. The van der Waals surface area contributed by atoms with E-state index in [1.807, 2.05) is 0 Å². The maximum absolute atomic E-state index is 13.0. The van der Waals surface area contributed by atoms with Crippen molar-refractivity contribution < 1.29 is 158 Å². The summed E-state index contributed by atoms with van der Waals surface area (Å²) in [6, 6.07) is 15.3. The SMILES string of the molecule is Nc1c(N=Nc2cccc(C(=O)Nc3ccc(S(=O)(=O)CCOS(=O)(=O)[O-])cc3)c2)cc(S(=O)(=O)[O-])c(N)c1N=Nc1ccc(S(=O)(=O)CCOS(=O)(=O)[O-])cc1.[Na+].[Na+].[Na+]. The van der Waals surface area contributed by atoms with Gasteiger partial charge in [0, 0.05) is 11.3 Å². The van der Waals surface area contributed by atoms with Crippen molar-refractivity contribution in [2.75, 3.05) is 41.5 Å². The monoisotopic (exact) mass is 957 g/mol. The van der Waals surface area contributed by atoms with Crippen LogP contribution >= 0.6 is 0 Å². The Labute approximate surface area is 410 Å². The van der Waals surface area contributed by atoms with Crippen LogP contribution in [0.5, 0.6) is 0 Å². The number of nitrogens with one attached hydrogen (secondary N) is 1. The minimum absolute atomic E-state index is 0. The molecule has 5 N–H and O–H groups in total. The molecule has 60 heavy (non-hydrogen) atoms. The minimum Gasteiger partial charge on any atom is -0.744 e. The number of nitrogen functional groups attached to an aromatic ring is 2. The van der Waals surface area contributed by atoms with E-state index in [4.69, 9.17) is 11.5 Å². The number of azo groups is 2. The topological polar surface area (TPSA) is 389 Å².